The molecule has 0 aliphatic heterocycles. The Morgan fingerprint density at radius 1 is 0.692 bits per heavy atom. The molecule has 52 heavy (non-hydrogen) atoms. The zero-order valence-corrected chi connectivity index (χ0v) is 33.8. The summed E-state index contributed by atoms with van der Waals surface area (Å²) in [6, 6.07) is 23.3. The number of methoxy groups -OCH3 is 2. The average molecular weight is 758 g/mol. The summed E-state index contributed by atoms with van der Waals surface area (Å²) in [4.78, 5) is 12.0. The summed E-state index contributed by atoms with van der Waals surface area (Å²) in [7, 11) is -6.90. The number of nitrogens with two attached hydrogens (primary N) is 1. The van der Waals surface area contributed by atoms with E-state index in [0.717, 1.165) is 12.1 Å². The molecule has 14 nitrogen and oxygen atoms in total. The minimum atomic E-state index is -4.91. The Morgan fingerprint density at radius 3 is 1.90 bits per heavy atom. The van der Waals surface area contributed by atoms with Gasteiger partial charge in [0.2, 0.25) is 5.78 Å². The fourth-order valence-electron chi connectivity index (χ4n) is 5.36. The number of fused-ring (bicyclic) bond motifs is 2. The van der Waals surface area contributed by atoms with Crippen molar-refractivity contribution in [3.63, 3.8) is 0 Å². The van der Waals surface area contributed by atoms with E-state index >= 15 is 0 Å². The number of ether oxygens (including phenoxy) is 2. The van der Waals surface area contributed by atoms with E-state index < -0.39 is 35.8 Å². The molecule has 1 aliphatic rings. The Labute approximate surface area is 342 Å². The van der Waals surface area contributed by atoms with Crippen LogP contribution in [-0.2, 0) is 20.2 Å². The molecule has 5 aromatic carbocycles. The van der Waals surface area contributed by atoms with E-state index in [1.54, 1.807) is 60.7 Å². The first-order valence-corrected chi connectivity index (χ1v) is 17.3. The van der Waals surface area contributed by atoms with Crippen molar-refractivity contribution in [2.75, 3.05) is 25.4 Å². The van der Waals surface area contributed by atoms with Crippen molar-refractivity contribution in [1.29, 1.82) is 0 Å². The molecule has 1 aliphatic carbocycles. The zero-order chi connectivity index (χ0) is 35.8. The monoisotopic (exact) mass is 757 g/mol. The Balaban J connectivity index is 0.00000302. The van der Waals surface area contributed by atoms with Crippen LogP contribution in [0.3, 0.4) is 0 Å². The molecule has 0 unspecified atom stereocenters. The van der Waals surface area contributed by atoms with Gasteiger partial charge in [-0.05, 0) is 47.5 Å². The van der Waals surface area contributed by atoms with Crippen LogP contribution in [0.2, 0.25) is 0 Å². The summed E-state index contributed by atoms with van der Waals surface area (Å²) in [6.07, 6.45) is 0.936. The summed E-state index contributed by atoms with van der Waals surface area (Å²) >= 11 is 0. The molecule has 0 atom stereocenters. The topological polar surface area (TPSA) is 225 Å². The van der Waals surface area contributed by atoms with Crippen LogP contribution >= 0.6 is 0 Å². The first-order chi connectivity index (χ1) is 23.8. The number of anilines is 2. The van der Waals surface area contributed by atoms with Crippen LogP contribution in [0.25, 0.3) is 26.8 Å². The van der Waals surface area contributed by atoms with Gasteiger partial charge in [-0.2, -0.15) is 5.10 Å². The number of nitrogens with zero attached hydrogens (tertiary/aromatic N) is 3. The van der Waals surface area contributed by atoms with Crippen molar-refractivity contribution < 1.29 is 99.3 Å². The number of carbonyl (C=O) groups is 1. The van der Waals surface area contributed by atoms with Crippen molar-refractivity contribution in [3.8, 4) is 22.6 Å². The maximum Gasteiger partial charge on any atom is 1.00 e. The van der Waals surface area contributed by atoms with Crippen LogP contribution < -0.4 is 79.7 Å². The number of hydrogen-bond acceptors (Lipinski definition) is 14. The standard InChI is InChI=1S/C34H27N5O9S2.2Na/c1-47-29-15-19(11-13-25(29)36-38-27-17-31(49(41,42)43)21-7-3-5-9-23(21)33(27)35)20-12-14-26(30(16-20)48-2)37-39-28-18-32(50(44,45)46)22-8-4-6-10-24(22)34(28)40;;/h3-18,37H,35H2,1-2H3,(H,41,42,43)(H,44,45,46);;/q;2*+1/p-2/b38-36?,39-28-;;. The SMILES string of the molecule is COc1cc(-c2ccc(N/N=C3/C=C(S(=O)(=O)[O-])c4ccccc4C3=O)c(OC)c2)ccc1N=Nc1cc(S(=O)(=O)[O-])c2ccccc2c1N.[Na+].[Na+]. The van der Waals surface area contributed by atoms with Crippen molar-refractivity contribution in [2.24, 2.45) is 15.3 Å². The van der Waals surface area contributed by atoms with Gasteiger partial charge in [-0.25, -0.2) is 16.8 Å². The number of Topliss-reactive ketones (excluding diaryl/α,β-unsaturated/α-hetero) is 1. The number of carbonyl (C=O) groups excluding carboxylic acids is 1. The smallest absolute Gasteiger partial charge is 0.744 e. The minimum Gasteiger partial charge on any atom is -0.744 e. The van der Waals surface area contributed by atoms with Crippen LogP contribution in [0, 0.1) is 0 Å². The van der Waals surface area contributed by atoms with Gasteiger partial charge >= 0.3 is 59.1 Å². The number of ketones is 1. The third kappa shape index (κ3) is 8.31. The second kappa shape index (κ2) is 16.4. The van der Waals surface area contributed by atoms with E-state index in [1.165, 1.54) is 38.5 Å². The van der Waals surface area contributed by atoms with Crippen molar-refractivity contribution in [3.05, 3.63) is 108 Å². The van der Waals surface area contributed by atoms with Crippen LogP contribution in [-0.4, -0.2) is 51.7 Å². The number of benzene rings is 5. The van der Waals surface area contributed by atoms with E-state index in [-0.39, 0.29) is 98.4 Å². The number of azo groups is 1. The van der Waals surface area contributed by atoms with Gasteiger partial charge in [0.1, 0.15) is 48.8 Å². The maximum atomic E-state index is 13.0. The second-order valence-electron chi connectivity index (χ2n) is 10.8. The molecular formula is C34H25N5Na2O9S2. The largest absolute Gasteiger partial charge is 1.00 e. The third-order valence-corrected chi connectivity index (χ3v) is 9.53. The maximum absolute atomic E-state index is 13.0. The summed E-state index contributed by atoms with van der Waals surface area (Å²) < 4.78 is 82.8. The molecule has 0 fully saturated rings. The van der Waals surface area contributed by atoms with Gasteiger partial charge in [-0.1, -0.05) is 60.7 Å². The molecule has 0 bridgehead atoms. The molecule has 0 aromatic heterocycles. The first-order valence-electron chi connectivity index (χ1n) is 14.5. The molecule has 0 amide bonds. The molecule has 5 aromatic rings. The molecule has 6 rings (SSSR count). The molecule has 254 valence electrons. The van der Waals surface area contributed by atoms with Crippen molar-refractivity contribution >= 4 is 70.2 Å². The second-order valence-corrected chi connectivity index (χ2v) is 13.5. The quantitative estimate of drug-likeness (QED) is 0.0668. The summed E-state index contributed by atoms with van der Waals surface area (Å²) in [5, 5.41) is 13.0. The molecule has 0 radical (unpaired) electrons. The molecule has 3 N–H and O–H groups in total. The van der Waals surface area contributed by atoms with Crippen LogP contribution in [0.4, 0.5) is 22.7 Å². The van der Waals surface area contributed by atoms with Crippen molar-refractivity contribution in [1.82, 2.24) is 0 Å². The van der Waals surface area contributed by atoms with Gasteiger partial charge in [0.25, 0.3) is 0 Å². The van der Waals surface area contributed by atoms with Gasteiger partial charge in [-0.3, -0.25) is 10.2 Å². The van der Waals surface area contributed by atoms with E-state index in [1.807, 2.05) is 0 Å². The van der Waals surface area contributed by atoms with Gasteiger partial charge in [-0.15, -0.1) is 10.2 Å². The fourth-order valence-corrected chi connectivity index (χ4v) is 6.77. The van der Waals surface area contributed by atoms with E-state index in [4.69, 9.17) is 15.2 Å². The van der Waals surface area contributed by atoms with Gasteiger partial charge in [0.15, 0.2) is 0 Å². The van der Waals surface area contributed by atoms with Gasteiger partial charge < -0.3 is 24.3 Å². The molecule has 0 saturated carbocycles. The van der Waals surface area contributed by atoms with Crippen molar-refractivity contribution in [2.45, 2.75) is 4.90 Å². The van der Waals surface area contributed by atoms with E-state index in [0.29, 0.717) is 33.7 Å². The number of hydrazone groups is 1. The zero-order valence-electron chi connectivity index (χ0n) is 28.1. The number of nitrogen functional groups attached to an aromatic ring is 1. The molecule has 0 spiro atoms. The fraction of sp³-hybridized carbons (Fsp3) is 0.0588. The number of rotatable bonds is 9. The van der Waals surface area contributed by atoms with Crippen LogP contribution in [0.1, 0.15) is 15.9 Å². The summed E-state index contributed by atoms with van der Waals surface area (Å²) in [6.45, 7) is 0. The number of hydrogen-bond donors (Lipinski definition) is 2. The van der Waals surface area contributed by atoms with Crippen LogP contribution in [0.5, 0.6) is 11.5 Å². The van der Waals surface area contributed by atoms with Gasteiger partial charge in [0.05, 0.1) is 35.4 Å². The molecule has 0 heterocycles. The normalized spacial score (nSPS) is 13.6. The number of nitrogens with one attached hydrogen (secondary N) is 1. The van der Waals surface area contributed by atoms with Gasteiger partial charge in [0, 0.05) is 21.9 Å². The summed E-state index contributed by atoms with van der Waals surface area (Å²) in [5.41, 5.74) is 10.8. The Bertz CT molecular complexity index is 2540. The average Bonchev–Trinajstić information content (AvgIpc) is 3.10. The predicted octanol–water partition coefficient (Wildman–Crippen LogP) is -0.0158. The predicted molar refractivity (Wildman–Crippen MR) is 185 cm³/mol. The first kappa shape index (κ1) is 40.8. The number of allylic oxidation sites excluding steroid dienone is 1. The van der Waals surface area contributed by atoms with Crippen LogP contribution in [0.15, 0.2) is 117 Å². The summed E-state index contributed by atoms with van der Waals surface area (Å²) in [5.74, 6) is 0.0521. The third-order valence-electron chi connectivity index (χ3n) is 7.78. The Kier molecular flexibility index (Phi) is 12.9. The van der Waals surface area contributed by atoms with E-state index in [9.17, 15) is 30.7 Å². The molecule has 0 saturated heterocycles. The minimum absolute atomic E-state index is 0. The van der Waals surface area contributed by atoms with E-state index in [2.05, 4.69) is 20.8 Å². The Hall–Kier alpha value is -3.94. The molecule has 18 heteroatoms. The Morgan fingerprint density at radius 2 is 1.27 bits per heavy atom. The molecular weight excluding hydrogens is 733 g/mol.